The van der Waals surface area contributed by atoms with E-state index in [4.69, 9.17) is 4.74 Å². The summed E-state index contributed by atoms with van der Waals surface area (Å²) in [6.45, 7) is 9.68. The summed E-state index contributed by atoms with van der Waals surface area (Å²) in [4.78, 5) is 0.184. The number of allylic oxidation sites excluding steroid dienone is 2. The zero-order valence-electron chi connectivity index (χ0n) is 13.6. The van der Waals surface area contributed by atoms with Gasteiger partial charge in [-0.05, 0) is 50.8 Å². The van der Waals surface area contributed by atoms with Gasteiger partial charge in [0.2, 0.25) is 0 Å². The number of hydrogen-bond donors (Lipinski definition) is 1. The van der Waals surface area contributed by atoms with Crippen molar-refractivity contribution in [1.29, 1.82) is 0 Å². The van der Waals surface area contributed by atoms with Gasteiger partial charge in [-0.25, -0.2) is 8.42 Å². The first-order valence-corrected chi connectivity index (χ1v) is 8.49. The number of methoxy groups -OCH3 is 1. The van der Waals surface area contributed by atoms with Crippen LogP contribution in [0, 0.1) is 5.92 Å². The van der Waals surface area contributed by atoms with Gasteiger partial charge in [0.15, 0.2) is 0 Å². The molecule has 0 bridgehead atoms. The molecule has 0 aliphatic heterocycles. The fraction of sp³-hybridized carbons (Fsp3) is 0.500. The molecule has 0 spiro atoms. The lowest BCUT2D eigenvalue weighted by Gasteiger charge is -2.15. The second-order valence-electron chi connectivity index (χ2n) is 5.81. The van der Waals surface area contributed by atoms with E-state index in [1.165, 1.54) is 7.11 Å². The van der Waals surface area contributed by atoms with Crippen LogP contribution in [0.1, 0.15) is 40.2 Å². The summed E-state index contributed by atoms with van der Waals surface area (Å²) in [6.07, 6.45) is 0.828. The Bertz CT molecular complexity index is 627. The molecule has 0 saturated carbocycles. The molecule has 1 N–H and O–H groups in total. The van der Waals surface area contributed by atoms with Crippen molar-refractivity contribution in [3.8, 4) is 5.75 Å². The van der Waals surface area contributed by atoms with Crippen LogP contribution < -0.4 is 9.46 Å². The van der Waals surface area contributed by atoms with Crippen molar-refractivity contribution in [2.75, 3.05) is 7.11 Å². The van der Waals surface area contributed by atoms with Gasteiger partial charge < -0.3 is 4.74 Å². The van der Waals surface area contributed by atoms with Crippen LogP contribution in [0.15, 0.2) is 34.4 Å². The van der Waals surface area contributed by atoms with Crippen LogP contribution in [0.25, 0.3) is 0 Å². The van der Waals surface area contributed by atoms with Crippen molar-refractivity contribution in [3.05, 3.63) is 35.0 Å². The first kappa shape index (κ1) is 17.6. The smallest absolute Gasteiger partial charge is 0.265 e. The molecule has 0 aliphatic carbocycles. The van der Waals surface area contributed by atoms with Gasteiger partial charge in [0.1, 0.15) is 10.6 Å². The highest BCUT2D eigenvalue weighted by molar-refractivity contribution is 7.89. The number of rotatable bonds is 6. The van der Waals surface area contributed by atoms with Gasteiger partial charge in [-0.2, -0.15) is 0 Å². The minimum absolute atomic E-state index is 0.184. The van der Waals surface area contributed by atoms with Crippen LogP contribution >= 0.6 is 0 Å². The fourth-order valence-corrected chi connectivity index (χ4v) is 3.33. The van der Waals surface area contributed by atoms with Crippen molar-refractivity contribution in [2.45, 2.75) is 45.9 Å². The Kier molecular flexibility index (Phi) is 5.84. The van der Waals surface area contributed by atoms with Gasteiger partial charge in [0.25, 0.3) is 10.0 Å². The van der Waals surface area contributed by atoms with E-state index in [0.717, 1.165) is 17.6 Å². The number of hydrogen-bond acceptors (Lipinski definition) is 3. The monoisotopic (exact) mass is 311 g/mol. The van der Waals surface area contributed by atoms with E-state index in [9.17, 15) is 8.42 Å². The summed E-state index contributed by atoms with van der Waals surface area (Å²) in [5, 5.41) is 0. The maximum atomic E-state index is 12.5. The molecular weight excluding hydrogens is 286 g/mol. The Hall–Kier alpha value is -1.49. The third-order valence-electron chi connectivity index (χ3n) is 3.20. The summed E-state index contributed by atoms with van der Waals surface area (Å²) >= 11 is 0. The van der Waals surface area contributed by atoms with E-state index in [1.807, 2.05) is 19.9 Å². The Morgan fingerprint density at radius 1 is 1.24 bits per heavy atom. The van der Waals surface area contributed by atoms with Crippen molar-refractivity contribution in [1.82, 2.24) is 4.72 Å². The van der Waals surface area contributed by atoms with Crippen molar-refractivity contribution in [2.24, 2.45) is 5.92 Å². The lowest BCUT2D eigenvalue weighted by Crippen LogP contribution is -2.23. The van der Waals surface area contributed by atoms with Gasteiger partial charge in [0.05, 0.1) is 7.11 Å². The quantitative estimate of drug-likeness (QED) is 0.875. The minimum Gasteiger partial charge on any atom is -0.495 e. The van der Waals surface area contributed by atoms with E-state index >= 15 is 0 Å². The van der Waals surface area contributed by atoms with E-state index in [1.54, 1.807) is 19.1 Å². The normalized spacial score (nSPS) is 11.4. The van der Waals surface area contributed by atoms with Gasteiger partial charge in [0, 0.05) is 5.70 Å². The molecule has 4 nitrogen and oxygen atoms in total. The average Bonchev–Trinajstić information content (AvgIpc) is 2.37. The molecule has 0 saturated heterocycles. The van der Waals surface area contributed by atoms with E-state index in [2.05, 4.69) is 18.6 Å². The highest BCUT2D eigenvalue weighted by Crippen LogP contribution is 2.26. The predicted octanol–water partition coefficient (Wildman–Crippen LogP) is 3.49. The summed E-state index contributed by atoms with van der Waals surface area (Å²) in [5.74, 6) is 0.818. The second kappa shape index (κ2) is 6.98. The van der Waals surface area contributed by atoms with Crippen molar-refractivity contribution >= 4 is 10.0 Å². The number of ether oxygens (including phenoxy) is 1. The summed E-state index contributed by atoms with van der Waals surface area (Å²) < 4.78 is 32.9. The maximum Gasteiger partial charge on any atom is 0.265 e. The Morgan fingerprint density at radius 2 is 1.86 bits per heavy atom. The molecule has 1 aromatic carbocycles. The summed E-state index contributed by atoms with van der Waals surface area (Å²) in [6, 6.07) is 5.31. The summed E-state index contributed by atoms with van der Waals surface area (Å²) in [5.41, 5.74) is 2.54. The van der Waals surface area contributed by atoms with Gasteiger partial charge in [-0.15, -0.1) is 0 Å². The molecule has 118 valence electrons. The molecule has 0 fully saturated rings. The average molecular weight is 311 g/mol. The topological polar surface area (TPSA) is 55.4 Å². The van der Waals surface area contributed by atoms with Crippen LogP contribution in [0.4, 0.5) is 0 Å². The fourth-order valence-electron chi connectivity index (χ4n) is 1.89. The molecule has 21 heavy (non-hydrogen) atoms. The van der Waals surface area contributed by atoms with Crippen LogP contribution in [-0.4, -0.2) is 15.5 Å². The van der Waals surface area contributed by atoms with E-state index < -0.39 is 10.0 Å². The first-order chi connectivity index (χ1) is 9.67. The second-order valence-corrected chi connectivity index (χ2v) is 7.46. The van der Waals surface area contributed by atoms with Crippen LogP contribution in [-0.2, 0) is 16.4 Å². The third kappa shape index (κ3) is 4.77. The number of nitrogens with one attached hydrogen (secondary N) is 1. The van der Waals surface area contributed by atoms with E-state index in [0.29, 0.717) is 17.4 Å². The molecular formula is C16H25NO3S. The number of sulfonamides is 1. The Balaban J connectivity index is 3.28. The molecule has 1 aromatic rings. The highest BCUT2D eigenvalue weighted by Gasteiger charge is 2.20. The van der Waals surface area contributed by atoms with E-state index in [-0.39, 0.29) is 4.90 Å². The Morgan fingerprint density at radius 3 is 2.33 bits per heavy atom. The molecule has 0 unspecified atom stereocenters. The van der Waals surface area contributed by atoms with Crippen molar-refractivity contribution < 1.29 is 13.2 Å². The molecule has 1 rings (SSSR count). The zero-order chi connectivity index (χ0) is 16.2. The van der Waals surface area contributed by atoms with Crippen LogP contribution in [0.2, 0.25) is 0 Å². The van der Waals surface area contributed by atoms with Crippen LogP contribution in [0.3, 0.4) is 0 Å². The van der Waals surface area contributed by atoms with Gasteiger partial charge in [-0.3, -0.25) is 4.72 Å². The minimum atomic E-state index is -3.64. The lowest BCUT2D eigenvalue weighted by atomic mass is 10.0. The maximum absolute atomic E-state index is 12.5. The first-order valence-electron chi connectivity index (χ1n) is 7.01. The van der Waals surface area contributed by atoms with Crippen molar-refractivity contribution in [3.63, 3.8) is 0 Å². The standard InChI is InChI=1S/C16H25NO3S/c1-11(2)9-14-7-8-15(20-6)16(10-14)21(18,19)17-13(5)12(3)4/h7-8,10-11,17H,9H2,1-6H3. The largest absolute Gasteiger partial charge is 0.495 e. The summed E-state index contributed by atoms with van der Waals surface area (Å²) in [7, 11) is -2.16. The number of benzene rings is 1. The third-order valence-corrected chi connectivity index (χ3v) is 4.67. The van der Waals surface area contributed by atoms with Gasteiger partial charge >= 0.3 is 0 Å². The molecule has 0 radical (unpaired) electrons. The lowest BCUT2D eigenvalue weighted by molar-refractivity contribution is 0.402. The molecule has 0 atom stereocenters. The molecule has 0 amide bonds. The SMILES string of the molecule is COc1ccc(CC(C)C)cc1S(=O)(=O)NC(C)=C(C)C. The molecule has 5 heteroatoms. The zero-order valence-corrected chi connectivity index (χ0v) is 14.5. The highest BCUT2D eigenvalue weighted by atomic mass is 32.2. The van der Waals surface area contributed by atoms with Crippen LogP contribution in [0.5, 0.6) is 5.75 Å². The molecule has 0 heterocycles. The predicted molar refractivity (Wildman–Crippen MR) is 85.9 cm³/mol. The molecule has 0 aliphatic rings. The Labute approximate surface area is 128 Å². The van der Waals surface area contributed by atoms with Gasteiger partial charge in [-0.1, -0.05) is 25.5 Å². The molecule has 0 aromatic heterocycles.